The standard InChI is InChI=1S/C11H15NO3/c1-2-3-8-15-10-7-5-4-6-9(10)12-11(13)14/h4-7,12H,2-3,8H2,1H3,(H,13,14). The highest BCUT2D eigenvalue weighted by molar-refractivity contribution is 5.85. The quantitative estimate of drug-likeness (QED) is 0.733. The molecule has 1 aromatic rings. The van der Waals surface area contributed by atoms with Crippen LogP contribution in [-0.4, -0.2) is 17.8 Å². The number of amides is 1. The van der Waals surface area contributed by atoms with Crippen LogP contribution in [0, 0.1) is 0 Å². The number of rotatable bonds is 5. The van der Waals surface area contributed by atoms with E-state index in [4.69, 9.17) is 9.84 Å². The Hall–Kier alpha value is -1.71. The van der Waals surface area contributed by atoms with E-state index in [1.54, 1.807) is 18.2 Å². The van der Waals surface area contributed by atoms with Gasteiger partial charge in [0.15, 0.2) is 0 Å². The molecule has 1 rings (SSSR count). The van der Waals surface area contributed by atoms with Crippen LogP contribution in [0.5, 0.6) is 5.75 Å². The van der Waals surface area contributed by atoms with Gasteiger partial charge in [-0.25, -0.2) is 4.79 Å². The number of para-hydroxylation sites is 2. The zero-order chi connectivity index (χ0) is 11.1. The Labute approximate surface area is 88.9 Å². The van der Waals surface area contributed by atoms with Gasteiger partial charge in [-0.15, -0.1) is 0 Å². The first kappa shape index (κ1) is 11.4. The first-order chi connectivity index (χ1) is 7.24. The van der Waals surface area contributed by atoms with E-state index >= 15 is 0 Å². The number of carboxylic acid groups (broad SMARTS) is 1. The van der Waals surface area contributed by atoms with E-state index in [1.807, 2.05) is 6.07 Å². The Bertz CT molecular complexity index is 325. The number of carbonyl (C=O) groups is 1. The summed E-state index contributed by atoms with van der Waals surface area (Å²) in [5.74, 6) is 0.577. The number of unbranched alkanes of at least 4 members (excludes halogenated alkanes) is 1. The maximum absolute atomic E-state index is 10.5. The molecular weight excluding hydrogens is 194 g/mol. The highest BCUT2D eigenvalue weighted by atomic mass is 16.5. The van der Waals surface area contributed by atoms with Crippen LogP contribution >= 0.6 is 0 Å². The largest absolute Gasteiger partial charge is 0.491 e. The minimum atomic E-state index is -1.08. The number of hydrogen-bond donors (Lipinski definition) is 2. The van der Waals surface area contributed by atoms with Gasteiger partial charge in [0.05, 0.1) is 12.3 Å². The fraction of sp³-hybridized carbons (Fsp3) is 0.364. The molecule has 0 unspecified atom stereocenters. The molecule has 4 heteroatoms. The van der Waals surface area contributed by atoms with E-state index in [9.17, 15) is 4.79 Å². The third kappa shape index (κ3) is 3.89. The molecule has 0 radical (unpaired) electrons. The van der Waals surface area contributed by atoms with Gasteiger partial charge in [0.25, 0.3) is 0 Å². The van der Waals surface area contributed by atoms with Gasteiger partial charge in [0.2, 0.25) is 0 Å². The normalized spacial score (nSPS) is 9.67. The van der Waals surface area contributed by atoms with Crippen LogP contribution in [0.2, 0.25) is 0 Å². The van der Waals surface area contributed by atoms with Gasteiger partial charge >= 0.3 is 6.09 Å². The van der Waals surface area contributed by atoms with Gasteiger partial charge < -0.3 is 9.84 Å². The second-order valence-corrected chi connectivity index (χ2v) is 3.13. The number of hydrogen-bond acceptors (Lipinski definition) is 2. The zero-order valence-electron chi connectivity index (χ0n) is 8.69. The molecule has 0 bridgehead atoms. The minimum absolute atomic E-state index is 0.487. The monoisotopic (exact) mass is 209 g/mol. The van der Waals surface area contributed by atoms with Crippen molar-refractivity contribution in [3.8, 4) is 5.75 Å². The fourth-order valence-corrected chi connectivity index (χ4v) is 1.14. The molecule has 0 aliphatic carbocycles. The van der Waals surface area contributed by atoms with Crippen LogP contribution in [0.15, 0.2) is 24.3 Å². The van der Waals surface area contributed by atoms with E-state index in [2.05, 4.69) is 12.2 Å². The van der Waals surface area contributed by atoms with Crippen molar-refractivity contribution in [2.45, 2.75) is 19.8 Å². The molecule has 0 fully saturated rings. The minimum Gasteiger partial charge on any atom is -0.491 e. The van der Waals surface area contributed by atoms with Crippen LogP contribution in [-0.2, 0) is 0 Å². The predicted molar refractivity (Wildman–Crippen MR) is 58.5 cm³/mol. The summed E-state index contributed by atoms with van der Waals surface area (Å²) in [5, 5.41) is 10.9. The molecule has 0 atom stereocenters. The van der Waals surface area contributed by atoms with Crippen LogP contribution < -0.4 is 10.1 Å². The van der Waals surface area contributed by atoms with Crippen LogP contribution in [0.4, 0.5) is 10.5 Å². The molecule has 2 N–H and O–H groups in total. The molecular formula is C11H15NO3. The molecule has 0 saturated carbocycles. The lowest BCUT2D eigenvalue weighted by Gasteiger charge is -2.10. The maximum Gasteiger partial charge on any atom is 0.409 e. The summed E-state index contributed by atoms with van der Waals surface area (Å²) in [5.41, 5.74) is 0.487. The van der Waals surface area contributed by atoms with Crippen LogP contribution in [0.1, 0.15) is 19.8 Å². The van der Waals surface area contributed by atoms with Crippen LogP contribution in [0.25, 0.3) is 0 Å². The Morgan fingerprint density at radius 1 is 1.47 bits per heavy atom. The second-order valence-electron chi connectivity index (χ2n) is 3.13. The average molecular weight is 209 g/mol. The predicted octanol–water partition coefficient (Wildman–Crippen LogP) is 2.96. The molecule has 0 saturated heterocycles. The lowest BCUT2D eigenvalue weighted by molar-refractivity contribution is 0.209. The summed E-state index contributed by atoms with van der Waals surface area (Å²) in [6.07, 6.45) is 0.928. The van der Waals surface area contributed by atoms with Crippen molar-refractivity contribution in [3.05, 3.63) is 24.3 Å². The Kier molecular flexibility index (Phi) is 4.47. The first-order valence-corrected chi connectivity index (χ1v) is 4.95. The number of ether oxygens (including phenoxy) is 1. The van der Waals surface area contributed by atoms with Crippen molar-refractivity contribution in [1.29, 1.82) is 0 Å². The SMILES string of the molecule is CCCCOc1ccccc1NC(=O)O. The molecule has 15 heavy (non-hydrogen) atoms. The molecule has 0 heterocycles. The first-order valence-electron chi connectivity index (χ1n) is 4.95. The lowest BCUT2D eigenvalue weighted by Crippen LogP contribution is -2.09. The third-order valence-corrected chi connectivity index (χ3v) is 1.88. The van der Waals surface area contributed by atoms with Crippen molar-refractivity contribution >= 4 is 11.8 Å². The Morgan fingerprint density at radius 3 is 2.87 bits per heavy atom. The number of anilines is 1. The highest BCUT2D eigenvalue weighted by Gasteiger charge is 2.04. The van der Waals surface area contributed by atoms with Crippen molar-refractivity contribution in [2.24, 2.45) is 0 Å². The van der Waals surface area contributed by atoms with E-state index in [0.29, 0.717) is 18.0 Å². The second kappa shape index (κ2) is 5.90. The van der Waals surface area contributed by atoms with E-state index in [-0.39, 0.29) is 0 Å². The Balaban J connectivity index is 2.64. The smallest absolute Gasteiger partial charge is 0.409 e. The lowest BCUT2D eigenvalue weighted by atomic mass is 10.3. The Morgan fingerprint density at radius 2 is 2.20 bits per heavy atom. The van der Waals surface area contributed by atoms with E-state index in [0.717, 1.165) is 12.8 Å². The maximum atomic E-state index is 10.5. The summed E-state index contributed by atoms with van der Waals surface area (Å²) in [7, 11) is 0. The summed E-state index contributed by atoms with van der Waals surface area (Å²) >= 11 is 0. The van der Waals surface area contributed by atoms with Crippen molar-refractivity contribution < 1.29 is 14.6 Å². The molecule has 0 aromatic heterocycles. The zero-order valence-corrected chi connectivity index (χ0v) is 8.69. The van der Waals surface area contributed by atoms with Gasteiger partial charge in [-0.3, -0.25) is 5.32 Å². The van der Waals surface area contributed by atoms with Crippen molar-refractivity contribution in [2.75, 3.05) is 11.9 Å². The van der Waals surface area contributed by atoms with Gasteiger partial charge in [-0.1, -0.05) is 25.5 Å². The molecule has 82 valence electrons. The highest BCUT2D eigenvalue weighted by Crippen LogP contribution is 2.23. The van der Waals surface area contributed by atoms with E-state index in [1.165, 1.54) is 0 Å². The molecule has 4 nitrogen and oxygen atoms in total. The van der Waals surface area contributed by atoms with Gasteiger partial charge in [-0.2, -0.15) is 0 Å². The fourth-order valence-electron chi connectivity index (χ4n) is 1.14. The number of benzene rings is 1. The van der Waals surface area contributed by atoms with Crippen molar-refractivity contribution in [3.63, 3.8) is 0 Å². The summed E-state index contributed by atoms with van der Waals surface area (Å²) in [6.45, 7) is 2.68. The van der Waals surface area contributed by atoms with Crippen molar-refractivity contribution in [1.82, 2.24) is 0 Å². The number of nitrogens with one attached hydrogen (secondary N) is 1. The summed E-state index contributed by atoms with van der Waals surface area (Å²) in [4.78, 5) is 10.5. The topological polar surface area (TPSA) is 58.6 Å². The van der Waals surface area contributed by atoms with Gasteiger partial charge in [-0.05, 0) is 18.6 Å². The van der Waals surface area contributed by atoms with Gasteiger partial charge in [0.1, 0.15) is 5.75 Å². The summed E-state index contributed by atoms with van der Waals surface area (Å²) in [6, 6.07) is 7.00. The molecule has 1 amide bonds. The molecule has 0 aliphatic heterocycles. The molecule has 1 aromatic carbocycles. The molecule has 0 aliphatic rings. The third-order valence-electron chi connectivity index (χ3n) is 1.88. The molecule has 0 spiro atoms. The van der Waals surface area contributed by atoms with Gasteiger partial charge in [0, 0.05) is 0 Å². The van der Waals surface area contributed by atoms with Crippen LogP contribution in [0.3, 0.4) is 0 Å². The summed E-state index contributed by atoms with van der Waals surface area (Å²) < 4.78 is 5.45. The average Bonchev–Trinajstić information content (AvgIpc) is 2.20. The van der Waals surface area contributed by atoms with E-state index < -0.39 is 6.09 Å².